The van der Waals surface area contributed by atoms with Gasteiger partial charge in [-0.1, -0.05) is 63.2 Å². The first-order valence-electron chi connectivity index (χ1n) is 11.7. The molecule has 0 heterocycles. The molecule has 2 aromatic carbocycles. The van der Waals surface area contributed by atoms with Gasteiger partial charge in [0.2, 0.25) is 0 Å². The number of hydrogen-bond donors (Lipinski definition) is 2. The standard InChI is InChI=1S/C26H35NO8S2/c1-26(2,3)18-35-37(31,32)15-14-22(27-25(30)34-16-19-8-6-5-7-9-19)23(24(28)29)36-17-20-10-12-21(33-4)13-11-20/h5-13,22-23H,14-18H2,1-4H3,(H,27,30)(H,28,29)/t22-,23-/m1/s1. The minimum absolute atomic E-state index is 0.0108. The number of amides is 1. The number of benzene rings is 2. The Hall–Kier alpha value is -2.76. The van der Waals surface area contributed by atoms with E-state index in [1.807, 2.05) is 39.0 Å². The Kier molecular flexibility index (Phi) is 11.7. The first-order chi connectivity index (χ1) is 17.4. The van der Waals surface area contributed by atoms with Crippen LogP contribution in [0.15, 0.2) is 54.6 Å². The summed E-state index contributed by atoms with van der Waals surface area (Å²) in [6.07, 6.45) is -1.00. The van der Waals surface area contributed by atoms with Gasteiger partial charge in [0.15, 0.2) is 0 Å². The van der Waals surface area contributed by atoms with Crippen LogP contribution in [0.2, 0.25) is 0 Å². The summed E-state index contributed by atoms with van der Waals surface area (Å²) in [5.41, 5.74) is 1.24. The van der Waals surface area contributed by atoms with E-state index in [1.54, 1.807) is 43.5 Å². The molecule has 0 aliphatic carbocycles. The third kappa shape index (κ3) is 11.9. The number of methoxy groups -OCH3 is 1. The van der Waals surface area contributed by atoms with E-state index in [-0.39, 0.29) is 25.0 Å². The highest BCUT2D eigenvalue weighted by Gasteiger charge is 2.32. The van der Waals surface area contributed by atoms with E-state index in [9.17, 15) is 23.1 Å². The highest BCUT2D eigenvalue weighted by molar-refractivity contribution is 7.99. The van der Waals surface area contributed by atoms with Crippen molar-refractivity contribution < 1.29 is 36.8 Å². The maximum atomic E-state index is 12.6. The van der Waals surface area contributed by atoms with E-state index < -0.39 is 39.2 Å². The topological polar surface area (TPSA) is 128 Å². The summed E-state index contributed by atoms with van der Waals surface area (Å²) in [5.74, 6) is -0.644. The molecule has 2 N–H and O–H groups in total. The van der Waals surface area contributed by atoms with Crippen LogP contribution in [0.3, 0.4) is 0 Å². The zero-order valence-electron chi connectivity index (χ0n) is 21.5. The molecular formula is C26H35NO8S2. The lowest BCUT2D eigenvalue weighted by molar-refractivity contribution is -0.136. The molecule has 0 spiro atoms. The quantitative estimate of drug-likeness (QED) is 0.326. The molecule has 0 aliphatic heterocycles. The lowest BCUT2D eigenvalue weighted by Crippen LogP contribution is -2.46. The molecule has 1 amide bonds. The molecule has 37 heavy (non-hydrogen) atoms. The molecule has 0 bridgehead atoms. The van der Waals surface area contributed by atoms with Gasteiger partial charge in [0.25, 0.3) is 10.1 Å². The van der Waals surface area contributed by atoms with Crippen molar-refractivity contribution in [3.63, 3.8) is 0 Å². The molecule has 204 valence electrons. The second-order valence-electron chi connectivity index (χ2n) is 9.60. The molecule has 0 radical (unpaired) electrons. The number of carboxylic acids is 1. The minimum atomic E-state index is -3.94. The number of rotatable bonds is 14. The summed E-state index contributed by atoms with van der Waals surface area (Å²) in [6.45, 7) is 5.49. The van der Waals surface area contributed by atoms with Gasteiger partial charge in [-0.05, 0) is 35.1 Å². The largest absolute Gasteiger partial charge is 0.497 e. The van der Waals surface area contributed by atoms with E-state index in [1.165, 1.54) is 0 Å². The average Bonchev–Trinajstić information content (AvgIpc) is 2.85. The lowest BCUT2D eigenvalue weighted by Gasteiger charge is -2.25. The highest BCUT2D eigenvalue weighted by atomic mass is 32.2. The fourth-order valence-corrected chi connectivity index (χ4v) is 5.42. The van der Waals surface area contributed by atoms with Gasteiger partial charge in [0.1, 0.15) is 17.6 Å². The number of thioether (sulfide) groups is 1. The fourth-order valence-electron chi connectivity index (χ4n) is 3.08. The van der Waals surface area contributed by atoms with Crippen molar-refractivity contribution in [1.29, 1.82) is 0 Å². The maximum absolute atomic E-state index is 12.6. The van der Waals surface area contributed by atoms with Crippen LogP contribution in [0.4, 0.5) is 4.79 Å². The second kappa shape index (κ2) is 14.3. The number of alkyl carbamates (subject to hydrolysis) is 1. The third-order valence-electron chi connectivity index (χ3n) is 5.06. The van der Waals surface area contributed by atoms with E-state index in [0.29, 0.717) is 11.5 Å². The monoisotopic (exact) mass is 553 g/mol. The van der Waals surface area contributed by atoms with Gasteiger partial charge < -0.3 is 19.9 Å². The van der Waals surface area contributed by atoms with Crippen molar-refractivity contribution in [1.82, 2.24) is 5.32 Å². The minimum Gasteiger partial charge on any atom is -0.497 e. The van der Waals surface area contributed by atoms with Gasteiger partial charge in [-0.25, -0.2) is 4.79 Å². The predicted octanol–water partition coefficient (Wildman–Crippen LogP) is 4.46. The van der Waals surface area contributed by atoms with E-state index in [2.05, 4.69) is 5.32 Å². The van der Waals surface area contributed by atoms with Crippen LogP contribution in [-0.4, -0.2) is 56.3 Å². The van der Waals surface area contributed by atoms with Crippen LogP contribution >= 0.6 is 11.8 Å². The summed E-state index contributed by atoms with van der Waals surface area (Å²) in [6, 6.07) is 15.1. The average molecular weight is 554 g/mol. The van der Waals surface area contributed by atoms with Crippen molar-refractivity contribution in [3.05, 3.63) is 65.7 Å². The summed E-state index contributed by atoms with van der Waals surface area (Å²) in [7, 11) is -2.39. The number of nitrogens with one attached hydrogen (secondary N) is 1. The first kappa shape index (κ1) is 30.5. The first-order valence-corrected chi connectivity index (χ1v) is 14.3. The Labute approximate surface area is 223 Å². The highest BCUT2D eigenvalue weighted by Crippen LogP contribution is 2.25. The van der Waals surface area contributed by atoms with Crippen molar-refractivity contribution in [2.75, 3.05) is 19.5 Å². The Morgan fingerprint density at radius 1 is 1.03 bits per heavy atom. The molecule has 0 aromatic heterocycles. The summed E-state index contributed by atoms with van der Waals surface area (Å²) in [4.78, 5) is 24.7. The molecular weight excluding hydrogens is 518 g/mol. The maximum Gasteiger partial charge on any atom is 0.407 e. The zero-order valence-corrected chi connectivity index (χ0v) is 23.1. The van der Waals surface area contributed by atoms with E-state index in [4.69, 9.17) is 13.7 Å². The van der Waals surface area contributed by atoms with Gasteiger partial charge in [-0.15, -0.1) is 11.8 Å². The van der Waals surface area contributed by atoms with E-state index >= 15 is 0 Å². The van der Waals surface area contributed by atoms with Gasteiger partial charge in [0, 0.05) is 5.75 Å². The normalized spacial score (nSPS) is 13.4. The van der Waals surface area contributed by atoms with Crippen molar-refractivity contribution in [2.24, 2.45) is 5.41 Å². The van der Waals surface area contributed by atoms with Gasteiger partial charge in [-0.2, -0.15) is 8.42 Å². The SMILES string of the molecule is COc1ccc(CS[C@@H](C(=O)O)[C@@H](CCS(=O)(=O)OCC(C)(C)C)NC(=O)OCc2ccccc2)cc1. The molecule has 0 saturated carbocycles. The van der Waals surface area contributed by atoms with Crippen LogP contribution in [-0.2, 0) is 36.2 Å². The smallest absolute Gasteiger partial charge is 0.407 e. The van der Waals surface area contributed by atoms with Gasteiger partial charge >= 0.3 is 12.1 Å². The molecule has 0 aliphatic rings. The Morgan fingerprint density at radius 2 is 1.68 bits per heavy atom. The molecule has 2 rings (SSSR count). The Morgan fingerprint density at radius 3 is 2.24 bits per heavy atom. The number of carbonyl (C=O) groups is 2. The van der Waals surface area contributed by atoms with Gasteiger partial charge in [0.05, 0.1) is 25.5 Å². The zero-order chi connectivity index (χ0) is 27.5. The summed E-state index contributed by atoms with van der Waals surface area (Å²) >= 11 is 1.08. The van der Waals surface area contributed by atoms with Gasteiger partial charge in [-0.3, -0.25) is 8.98 Å². The Balaban J connectivity index is 2.12. The summed E-state index contributed by atoms with van der Waals surface area (Å²) in [5, 5.41) is 11.4. The van der Waals surface area contributed by atoms with Crippen LogP contribution in [0, 0.1) is 5.41 Å². The van der Waals surface area contributed by atoms with Crippen LogP contribution < -0.4 is 10.1 Å². The predicted molar refractivity (Wildman–Crippen MR) is 143 cm³/mol. The Bertz CT molecular complexity index is 1100. The number of aliphatic carboxylic acids is 1. The molecule has 11 heteroatoms. The molecule has 0 fully saturated rings. The van der Waals surface area contributed by atoms with Crippen molar-refractivity contribution in [2.45, 2.75) is 50.8 Å². The molecule has 2 aromatic rings. The van der Waals surface area contributed by atoms with Crippen LogP contribution in [0.5, 0.6) is 5.75 Å². The third-order valence-corrected chi connectivity index (χ3v) is 7.67. The number of ether oxygens (including phenoxy) is 2. The number of carbonyl (C=O) groups excluding carboxylic acids is 1. The lowest BCUT2D eigenvalue weighted by atomic mass is 9.99. The molecule has 2 atom stereocenters. The summed E-state index contributed by atoms with van der Waals surface area (Å²) < 4.78 is 40.5. The second-order valence-corrected chi connectivity index (χ2v) is 12.5. The number of hydrogen-bond acceptors (Lipinski definition) is 8. The van der Waals surface area contributed by atoms with Crippen LogP contribution in [0.1, 0.15) is 38.3 Å². The number of carboxylic acid groups (broad SMARTS) is 1. The van der Waals surface area contributed by atoms with Crippen molar-refractivity contribution >= 4 is 33.9 Å². The molecule has 9 nitrogen and oxygen atoms in total. The van der Waals surface area contributed by atoms with E-state index in [0.717, 1.165) is 22.9 Å². The fraction of sp³-hybridized carbons (Fsp3) is 0.462. The van der Waals surface area contributed by atoms with Crippen LogP contribution in [0.25, 0.3) is 0 Å². The molecule has 0 unspecified atom stereocenters. The molecule has 0 saturated heterocycles. The van der Waals surface area contributed by atoms with Crippen molar-refractivity contribution in [3.8, 4) is 5.75 Å².